The lowest BCUT2D eigenvalue weighted by atomic mass is 10.1. The molecule has 24 heavy (non-hydrogen) atoms. The maximum Gasteiger partial charge on any atom is 0.244 e. The molecule has 1 saturated carbocycles. The number of nitrogens with zero attached hydrogens (tertiary/aromatic N) is 5. The first kappa shape index (κ1) is 14.9. The minimum absolute atomic E-state index is 0.0341. The Morgan fingerprint density at radius 2 is 2.29 bits per heavy atom. The second-order valence-corrected chi connectivity index (χ2v) is 6.30. The topological polar surface area (TPSA) is 85.2 Å². The molecule has 0 saturated heterocycles. The Morgan fingerprint density at radius 1 is 1.42 bits per heavy atom. The van der Waals surface area contributed by atoms with Crippen LogP contribution >= 0.6 is 0 Å². The van der Waals surface area contributed by atoms with Crippen LogP contribution in [0.4, 0.5) is 5.82 Å². The number of ether oxygens (including phenoxy) is 1. The molecule has 1 fully saturated rings. The lowest BCUT2D eigenvalue weighted by Crippen LogP contribution is -2.45. The van der Waals surface area contributed by atoms with Crippen molar-refractivity contribution < 1.29 is 9.53 Å². The van der Waals surface area contributed by atoms with Gasteiger partial charge in [-0.3, -0.25) is 4.79 Å². The highest BCUT2D eigenvalue weighted by atomic mass is 16.5. The molecular weight excluding hydrogens is 308 g/mol. The number of rotatable bonds is 5. The Balaban J connectivity index is 1.56. The molecule has 4 rings (SSSR count). The summed E-state index contributed by atoms with van der Waals surface area (Å²) < 4.78 is 7.13. The number of carbonyl (C=O) groups excluding carboxylic acids is 1. The van der Waals surface area contributed by atoms with Gasteiger partial charge in [0.1, 0.15) is 18.2 Å². The van der Waals surface area contributed by atoms with E-state index in [0.29, 0.717) is 24.9 Å². The van der Waals surface area contributed by atoms with Gasteiger partial charge in [0.2, 0.25) is 11.8 Å². The monoisotopic (exact) mass is 328 g/mol. The van der Waals surface area contributed by atoms with Gasteiger partial charge in [-0.05, 0) is 18.8 Å². The van der Waals surface area contributed by atoms with Crippen LogP contribution in [0.15, 0.2) is 24.9 Å². The van der Waals surface area contributed by atoms with E-state index >= 15 is 0 Å². The summed E-state index contributed by atoms with van der Waals surface area (Å²) in [7, 11) is 1.57. The molecule has 2 aliphatic rings. The van der Waals surface area contributed by atoms with Crippen molar-refractivity contribution in [2.75, 3.05) is 25.1 Å². The van der Waals surface area contributed by atoms with E-state index in [-0.39, 0.29) is 11.9 Å². The van der Waals surface area contributed by atoms with Gasteiger partial charge in [0.05, 0.1) is 25.7 Å². The quantitative estimate of drug-likeness (QED) is 0.872. The second kappa shape index (κ2) is 6.10. The Labute approximate surface area is 139 Å². The molecule has 8 nitrogen and oxygen atoms in total. The summed E-state index contributed by atoms with van der Waals surface area (Å²) in [6.07, 6.45) is 7.44. The third kappa shape index (κ3) is 2.91. The summed E-state index contributed by atoms with van der Waals surface area (Å²) >= 11 is 0. The number of imidazole rings is 1. The average molecular weight is 328 g/mol. The Kier molecular flexibility index (Phi) is 3.79. The molecule has 1 N–H and O–H groups in total. The van der Waals surface area contributed by atoms with Crippen LogP contribution < -0.4 is 15.0 Å². The van der Waals surface area contributed by atoms with E-state index < -0.39 is 0 Å². The molecule has 1 atom stereocenters. The van der Waals surface area contributed by atoms with Crippen molar-refractivity contribution in [1.29, 1.82) is 0 Å². The van der Waals surface area contributed by atoms with E-state index in [1.807, 2.05) is 4.57 Å². The third-order valence-corrected chi connectivity index (χ3v) is 4.55. The maximum absolute atomic E-state index is 12.6. The van der Waals surface area contributed by atoms with E-state index in [1.54, 1.807) is 25.7 Å². The van der Waals surface area contributed by atoms with Crippen LogP contribution in [-0.2, 0) is 11.3 Å². The van der Waals surface area contributed by atoms with Crippen molar-refractivity contribution >= 4 is 11.7 Å². The van der Waals surface area contributed by atoms with Gasteiger partial charge < -0.3 is 19.5 Å². The zero-order chi connectivity index (χ0) is 16.5. The number of fused-ring (bicyclic) bond motifs is 1. The summed E-state index contributed by atoms with van der Waals surface area (Å²) in [6, 6.07) is 1.47. The van der Waals surface area contributed by atoms with Crippen molar-refractivity contribution in [3.05, 3.63) is 30.6 Å². The molecule has 2 aromatic rings. The maximum atomic E-state index is 12.6. The first-order valence-electron chi connectivity index (χ1n) is 8.14. The van der Waals surface area contributed by atoms with Crippen molar-refractivity contribution in [2.45, 2.75) is 25.4 Å². The Morgan fingerprint density at radius 3 is 3.08 bits per heavy atom. The normalized spacial score (nSPS) is 19.7. The molecule has 0 unspecified atom stereocenters. The highest BCUT2D eigenvalue weighted by Crippen LogP contribution is 2.29. The lowest BCUT2D eigenvalue weighted by molar-refractivity contribution is -0.124. The number of hydrogen-bond acceptors (Lipinski definition) is 6. The van der Waals surface area contributed by atoms with Crippen molar-refractivity contribution in [1.82, 2.24) is 24.8 Å². The zero-order valence-electron chi connectivity index (χ0n) is 13.6. The van der Waals surface area contributed by atoms with Gasteiger partial charge in [-0.25, -0.2) is 15.0 Å². The van der Waals surface area contributed by atoms with Crippen molar-refractivity contribution in [3.8, 4) is 5.88 Å². The van der Waals surface area contributed by atoms with Gasteiger partial charge in [0.25, 0.3) is 0 Å². The molecule has 1 aliphatic carbocycles. The molecular formula is C16H20N6O2. The Hall–Kier alpha value is -2.64. The molecule has 0 spiro atoms. The smallest absolute Gasteiger partial charge is 0.244 e. The standard InChI is InChI=1S/C16H20N6O2/c1-24-15-4-14(19-9-20-15)21-7-12-6-17-10-22(12)13(8-21)16(23)18-5-11-2-3-11/h4,6,9-11,13H,2-3,5,7-8H2,1H3,(H,18,23)/t13-/m0/s1. The van der Waals surface area contributed by atoms with Crippen molar-refractivity contribution in [3.63, 3.8) is 0 Å². The molecule has 0 radical (unpaired) electrons. The van der Waals surface area contributed by atoms with E-state index in [0.717, 1.165) is 18.1 Å². The summed E-state index contributed by atoms with van der Waals surface area (Å²) in [5.74, 6) is 1.94. The summed E-state index contributed by atoms with van der Waals surface area (Å²) in [5.41, 5.74) is 0.991. The largest absolute Gasteiger partial charge is 0.481 e. The predicted molar refractivity (Wildman–Crippen MR) is 86.6 cm³/mol. The third-order valence-electron chi connectivity index (χ3n) is 4.55. The number of methoxy groups -OCH3 is 1. The van der Waals surface area contributed by atoms with Crippen LogP contribution in [0.25, 0.3) is 0 Å². The summed E-state index contributed by atoms with van der Waals surface area (Å²) in [6.45, 7) is 1.95. The average Bonchev–Trinajstić information content (AvgIpc) is 3.33. The second-order valence-electron chi connectivity index (χ2n) is 6.30. The van der Waals surface area contributed by atoms with E-state index in [9.17, 15) is 4.79 Å². The van der Waals surface area contributed by atoms with Crippen LogP contribution in [0.3, 0.4) is 0 Å². The minimum Gasteiger partial charge on any atom is -0.481 e. The molecule has 1 amide bonds. The fourth-order valence-corrected chi connectivity index (χ4v) is 2.97. The van der Waals surface area contributed by atoms with Gasteiger partial charge >= 0.3 is 0 Å². The van der Waals surface area contributed by atoms with E-state index in [4.69, 9.17) is 4.74 Å². The lowest BCUT2D eigenvalue weighted by Gasteiger charge is -2.34. The predicted octanol–water partition coefficient (Wildman–Crippen LogP) is 0.769. The van der Waals surface area contributed by atoms with Crippen LogP contribution in [0.5, 0.6) is 5.88 Å². The SMILES string of the molecule is COc1cc(N2Cc3cncn3[C@H](C(=O)NCC3CC3)C2)ncn1. The van der Waals surface area contributed by atoms with Gasteiger partial charge in [0, 0.05) is 25.4 Å². The van der Waals surface area contributed by atoms with Gasteiger partial charge in [-0.1, -0.05) is 0 Å². The highest BCUT2D eigenvalue weighted by Gasteiger charge is 2.32. The number of amides is 1. The molecule has 8 heteroatoms. The highest BCUT2D eigenvalue weighted by molar-refractivity contribution is 5.81. The first-order valence-corrected chi connectivity index (χ1v) is 8.14. The molecule has 126 valence electrons. The van der Waals surface area contributed by atoms with Gasteiger partial charge in [0.15, 0.2) is 0 Å². The molecule has 0 aromatic carbocycles. The van der Waals surface area contributed by atoms with Crippen LogP contribution in [0.2, 0.25) is 0 Å². The van der Waals surface area contributed by atoms with E-state index in [1.165, 1.54) is 19.2 Å². The van der Waals surface area contributed by atoms with Gasteiger partial charge in [-0.15, -0.1) is 0 Å². The Bertz CT molecular complexity index is 742. The summed E-state index contributed by atoms with van der Waals surface area (Å²) in [4.78, 5) is 27.3. The number of nitrogens with one attached hydrogen (secondary N) is 1. The zero-order valence-corrected chi connectivity index (χ0v) is 13.6. The fraction of sp³-hybridized carbons (Fsp3) is 0.500. The summed E-state index contributed by atoms with van der Waals surface area (Å²) in [5, 5.41) is 3.07. The molecule has 1 aliphatic heterocycles. The number of carbonyl (C=O) groups is 1. The van der Waals surface area contributed by atoms with Crippen LogP contribution in [-0.4, -0.2) is 45.6 Å². The molecule has 0 bridgehead atoms. The van der Waals surface area contributed by atoms with E-state index in [2.05, 4.69) is 25.2 Å². The molecule has 2 aromatic heterocycles. The number of anilines is 1. The van der Waals surface area contributed by atoms with Crippen molar-refractivity contribution in [2.24, 2.45) is 5.92 Å². The van der Waals surface area contributed by atoms with Crippen LogP contribution in [0, 0.1) is 5.92 Å². The first-order chi connectivity index (χ1) is 11.7. The van der Waals surface area contributed by atoms with Crippen LogP contribution in [0.1, 0.15) is 24.6 Å². The molecule has 3 heterocycles. The minimum atomic E-state index is -0.309. The fourth-order valence-electron chi connectivity index (χ4n) is 2.97. The number of aromatic nitrogens is 4. The number of hydrogen-bond donors (Lipinski definition) is 1. The van der Waals surface area contributed by atoms with Gasteiger partial charge in [-0.2, -0.15) is 0 Å².